The zero-order valence-electron chi connectivity index (χ0n) is 16.8. The number of hydrogen-bond donors (Lipinski definition) is 1. The van der Waals surface area contributed by atoms with E-state index >= 15 is 0 Å². The van der Waals surface area contributed by atoms with E-state index in [2.05, 4.69) is 25.3 Å². The van der Waals surface area contributed by atoms with Crippen LogP contribution in [-0.2, 0) is 6.18 Å². The molecule has 0 bridgehead atoms. The van der Waals surface area contributed by atoms with Crippen LogP contribution in [0.4, 0.5) is 13.2 Å². The van der Waals surface area contributed by atoms with Crippen molar-refractivity contribution in [2.45, 2.75) is 24.9 Å². The number of halogens is 3. The Balaban J connectivity index is 1.39. The fraction of sp³-hybridized carbons (Fsp3) is 0.286. The molecule has 0 radical (unpaired) electrons. The maximum atomic E-state index is 13.5. The number of benzene rings is 1. The van der Waals surface area contributed by atoms with Crippen molar-refractivity contribution in [2.75, 3.05) is 13.1 Å². The van der Waals surface area contributed by atoms with E-state index in [-0.39, 0.29) is 29.8 Å². The fourth-order valence-corrected chi connectivity index (χ4v) is 4.00. The Labute approximate surface area is 180 Å². The molecule has 11 heteroatoms. The van der Waals surface area contributed by atoms with E-state index in [9.17, 15) is 18.0 Å². The van der Waals surface area contributed by atoms with Crippen LogP contribution >= 0.6 is 0 Å². The van der Waals surface area contributed by atoms with Gasteiger partial charge in [0.15, 0.2) is 5.69 Å². The molecule has 164 valence electrons. The standard InChI is InChI=1S/C21H18F3N7O/c22-21(23,24)18-10-15(27-20-25-12-26-31(18)20)14-7-4-8-30(11-14)19(32)17-9-16(28-29-17)13-5-2-1-3-6-13/h1-3,5-6,9-10,12,14H,4,7-8,11H2,(H,28,29)/t14-/m0/s1. The summed E-state index contributed by atoms with van der Waals surface area (Å²) >= 11 is 0. The second-order valence-electron chi connectivity index (χ2n) is 7.66. The van der Waals surface area contributed by atoms with Crippen molar-refractivity contribution in [1.29, 1.82) is 0 Å². The molecule has 32 heavy (non-hydrogen) atoms. The molecule has 0 unspecified atom stereocenters. The van der Waals surface area contributed by atoms with Crippen molar-refractivity contribution in [2.24, 2.45) is 0 Å². The van der Waals surface area contributed by atoms with Crippen molar-refractivity contribution in [3.8, 4) is 11.3 Å². The molecule has 8 nitrogen and oxygen atoms in total. The first kappa shape index (κ1) is 20.2. The second kappa shape index (κ2) is 7.74. The lowest BCUT2D eigenvalue weighted by Gasteiger charge is -2.32. The van der Waals surface area contributed by atoms with Gasteiger partial charge < -0.3 is 4.90 Å². The average molecular weight is 441 g/mol. The summed E-state index contributed by atoms with van der Waals surface area (Å²) in [7, 11) is 0. The fourth-order valence-electron chi connectivity index (χ4n) is 4.00. The van der Waals surface area contributed by atoms with E-state index in [0.717, 1.165) is 18.0 Å². The molecule has 1 fully saturated rings. The minimum Gasteiger partial charge on any atom is -0.337 e. The molecule has 1 N–H and O–H groups in total. The number of alkyl halides is 3. The van der Waals surface area contributed by atoms with Crippen molar-refractivity contribution in [3.63, 3.8) is 0 Å². The lowest BCUT2D eigenvalue weighted by Crippen LogP contribution is -2.39. The Morgan fingerprint density at radius 3 is 2.75 bits per heavy atom. The molecular formula is C21H18F3N7O. The number of rotatable bonds is 3. The predicted molar refractivity (Wildman–Crippen MR) is 108 cm³/mol. The van der Waals surface area contributed by atoms with Crippen LogP contribution in [0.1, 0.15) is 40.6 Å². The highest BCUT2D eigenvalue weighted by Gasteiger charge is 2.37. The summed E-state index contributed by atoms with van der Waals surface area (Å²) in [6, 6.07) is 12.1. The van der Waals surface area contributed by atoms with Gasteiger partial charge in [-0.3, -0.25) is 9.89 Å². The third-order valence-corrected chi connectivity index (χ3v) is 5.57. The summed E-state index contributed by atoms with van der Waals surface area (Å²) in [5.41, 5.74) is 1.19. The number of piperidine rings is 1. The molecule has 4 aromatic rings. The van der Waals surface area contributed by atoms with E-state index in [4.69, 9.17) is 0 Å². The number of fused-ring (bicyclic) bond motifs is 1. The van der Waals surface area contributed by atoms with E-state index in [1.165, 1.54) is 0 Å². The van der Waals surface area contributed by atoms with Crippen LogP contribution < -0.4 is 0 Å². The van der Waals surface area contributed by atoms with E-state index in [1.54, 1.807) is 11.0 Å². The smallest absolute Gasteiger partial charge is 0.337 e. The van der Waals surface area contributed by atoms with Crippen molar-refractivity contribution in [1.82, 2.24) is 34.7 Å². The highest BCUT2D eigenvalue weighted by atomic mass is 19.4. The summed E-state index contributed by atoms with van der Waals surface area (Å²) < 4.78 is 41.2. The summed E-state index contributed by atoms with van der Waals surface area (Å²) in [5.74, 6) is -0.699. The Hall–Kier alpha value is -3.76. The maximum absolute atomic E-state index is 13.5. The molecular weight excluding hydrogens is 423 g/mol. The number of carbonyl (C=O) groups excluding carboxylic acids is 1. The molecule has 3 aromatic heterocycles. The van der Waals surface area contributed by atoms with Gasteiger partial charge in [-0.2, -0.15) is 32.9 Å². The first-order valence-electron chi connectivity index (χ1n) is 10.1. The SMILES string of the molecule is O=C(c1cc(-c2ccccc2)n[nH]1)N1CCC[C@H](c2cc(C(F)(F)F)n3ncnc3n2)C1. The Kier molecular flexibility index (Phi) is 4.87. The van der Waals surface area contributed by atoms with Crippen LogP contribution in [0, 0.1) is 0 Å². The lowest BCUT2D eigenvalue weighted by atomic mass is 9.94. The number of hydrogen-bond acceptors (Lipinski definition) is 5. The van der Waals surface area contributed by atoms with Gasteiger partial charge in [0.2, 0.25) is 0 Å². The summed E-state index contributed by atoms with van der Waals surface area (Å²) in [6.45, 7) is 0.765. The van der Waals surface area contributed by atoms with Crippen LogP contribution in [-0.4, -0.2) is 53.7 Å². The van der Waals surface area contributed by atoms with Gasteiger partial charge in [-0.05, 0) is 25.0 Å². The van der Waals surface area contributed by atoms with Crippen LogP contribution in [0.2, 0.25) is 0 Å². The average Bonchev–Trinajstić information content (AvgIpc) is 3.48. The van der Waals surface area contributed by atoms with E-state index < -0.39 is 11.9 Å². The number of amides is 1. The largest absolute Gasteiger partial charge is 0.433 e. The summed E-state index contributed by atoms with van der Waals surface area (Å²) in [4.78, 5) is 22.8. The number of H-pyrrole nitrogens is 1. The van der Waals surface area contributed by atoms with Gasteiger partial charge in [-0.25, -0.2) is 4.98 Å². The molecule has 5 rings (SSSR count). The molecule has 1 amide bonds. The highest BCUT2D eigenvalue weighted by molar-refractivity contribution is 5.93. The monoisotopic (exact) mass is 441 g/mol. The molecule has 0 spiro atoms. The highest BCUT2D eigenvalue weighted by Crippen LogP contribution is 2.33. The van der Waals surface area contributed by atoms with E-state index in [0.29, 0.717) is 35.3 Å². The number of likely N-dealkylation sites (tertiary alicyclic amines) is 1. The molecule has 1 saturated heterocycles. The van der Waals surface area contributed by atoms with Gasteiger partial charge in [0, 0.05) is 24.6 Å². The maximum Gasteiger partial charge on any atom is 0.433 e. The van der Waals surface area contributed by atoms with Gasteiger partial charge in [0.1, 0.15) is 12.0 Å². The molecule has 0 saturated carbocycles. The van der Waals surface area contributed by atoms with Crippen LogP contribution in [0.5, 0.6) is 0 Å². The van der Waals surface area contributed by atoms with Gasteiger partial charge >= 0.3 is 6.18 Å². The third kappa shape index (κ3) is 3.70. The molecule has 1 atom stereocenters. The predicted octanol–water partition coefficient (Wildman–Crippen LogP) is 3.55. The van der Waals surface area contributed by atoms with Crippen LogP contribution in [0.3, 0.4) is 0 Å². The molecule has 0 aliphatic carbocycles. The lowest BCUT2D eigenvalue weighted by molar-refractivity contribution is -0.142. The van der Waals surface area contributed by atoms with Crippen molar-refractivity contribution < 1.29 is 18.0 Å². The first-order valence-corrected chi connectivity index (χ1v) is 10.1. The zero-order valence-corrected chi connectivity index (χ0v) is 16.8. The van der Waals surface area contributed by atoms with Gasteiger partial charge in [0.25, 0.3) is 11.7 Å². The number of aromatic nitrogens is 6. The normalized spacial score (nSPS) is 17.1. The number of nitrogens with one attached hydrogen (secondary N) is 1. The Morgan fingerprint density at radius 2 is 1.97 bits per heavy atom. The van der Waals surface area contributed by atoms with Crippen LogP contribution in [0.15, 0.2) is 48.8 Å². The summed E-state index contributed by atoms with van der Waals surface area (Å²) in [6.07, 6.45) is -2.29. The minimum absolute atomic E-state index is 0.112. The van der Waals surface area contributed by atoms with Crippen LogP contribution in [0.25, 0.3) is 17.0 Å². The number of nitrogens with zero attached hydrogens (tertiary/aromatic N) is 6. The molecule has 1 aliphatic heterocycles. The molecule has 1 aromatic carbocycles. The Bertz CT molecular complexity index is 1270. The van der Waals surface area contributed by atoms with Crippen molar-refractivity contribution >= 4 is 11.7 Å². The number of carbonyl (C=O) groups is 1. The second-order valence-corrected chi connectivity index (χ2v) is 7.66. The van der Waals surface area contributed by atoms with Gasteiger partial charge in [-0.15, -0.1) is 0 Å². The summed E-state index contributed by atoms with van der Waals surface area (Å²) in [5, 5.41) is 10.6. The van der Waals surface area contributed by atoms with Gasteiger partial charge in [0.05, 0.1) is 11.4 Å². The quantitative estimate of drug-likeness (QED) is 0.525. The third-order valence-electron chi connectivity index (χ3n) is 5.57. The number of aromatic amines is 1. The molecule has 4 heterocycles. The Morgan fingerprint density at radius 1 is 1.16 bits per heavy atom. The van der Waals surface area contributed by atoms with Crippen molar-refractivity contribution in [3.05, 3.63) is 65.9 Å². The van der Waals surface area contributed by atoms with E-state index in [1.807, 2.05) is 30.3 Å². The molecule has 1 aliphatic rings. The first-order chi connectivity index (χ1) is 15.4. The zero-order chi connectivity index (χ0) is 22.3. The topological polar surface area (TPSA) is 92.1 Å². The van der Waals surface area contributed by atoms with Gasteiger partial charge in [-0.1, -0.05) is 30.3 Å². The minimum atomic E-state index is -4.60.